The summed E-state index contributed by atoms with van der Waals surface area (Å²) < 4.78 is 22.5. The van der Waals surface area contributed by atoms with Crippen LogP contribution in [-0.2, 0) is 28.5 Å². The number of hydrogen-bond donors (Lipinski definition) is 0. The van der Waals surface area contributed by atoms with E-state index >= 15 is 0 Å². The lowest BCUT2D eigenvalue weighted by atomic mass is 9.71. The molecule has 8 heterocycles. The SMILES string of the molecule is COC[C@]1(COC(=O)N2CCC3(CC2)CCN(C(=O)OC[C@@]2(COC)C(=O)C4CCN2CC4)CC3)C(=O)C2CCN1CC2. The number of hydrogen-bond acceptors (Lipinski definition) is 10. The molecule has 43 heavy (non-hydrogen) atoms. The zero-order valence-electron chi connectivity index (χ0n) is 25.9. The van der Waals surface area contributed by atoms with Gasteiger partial charge < -0.3 is 28.7 Å². The van der Waals surface area contributed by atoms with Crippen molar-refractivity contribution < 1.29 is 38.1 Å². The van der Waals surface area contributed by atoms with Gasteiger partial charge in [-0.2, -0.15) is 0 Å². The number of amides is 2. The van der Waals surface area contributed by atoms with Gasteiger partial charge in [0.2, 0.25) is 0 Å². The number of carbonyl (C=O) groups excluding carboxylic acids is 4. The first kappa shape index (κ1) is 30.7. The van der Waals surface area contributed by atoms with E-state index in [4.69, 9.17) is 18.9 Å². The van der Waals surface area contributed by atoms with E-state index in [2.05, 4.69) is 9.80 Å². The van der Waals surface area contributed by atoms with E-state index in [9.17, 15) is 19.2 Å². The number of ketones is 2. The molecule has 0 unspecified atom stereocenters. The first-order chi connectivity index (χ1) is 20.8. The van der Waals surface area contributed by atoms with Crippen molar-refractivity contribution in [1.82, 2.24) is 19.6 Å². The Kier molecular flexibility index (Phi) is 8.76. The monoisotopic (exact) mass is 604 g/mol. The number of ether oxygens (including phenoxy) is 4. The first-order valence-corrected chi connectivity index (χ1v) is 16.2. The number of likely N-dealkylation sites (tertiary alicyclic amines) is 2. The number of rotatable bonds is 8. The van der Waals surface area contributed by atoms with Gasteiger partial charge in [0.1, 0.15) is 24.3 Å². The minimum absolute atomic E-state index is 0.0312. The van der Waals surface area contributed by atoms with Gasteiger partial charge in [0.25, 0.3) is 0 Å². The third kappa shape index (κ3) is 5.46. The Labute approximate surface area is 254 Å². The Morgan fingerprint density at radius 1 is 0.605 bits per heavy atom. The Hall–Kier alpha value is -2.28. The van der Waals surface area contributed by atoms with Crippen LogP contribution in [0.5, 0.6) is 0 Å². The van der Waals surface area contributed by atoms with E-state index in [1.807, 2.05) is 0 Å². The van der Waals surface area contributed by atoms with Crippen LogP contribution < -0.4 is 0 Å². The van der Waals surface area contributed by atoms with Crippen LogP contribution >= 0.6 is 0 Å². The van der Waals surface area contributed by atoms with Crippen LogP contribution in [0, 0.1) is 17.3 Å². The van der Waals surface area contributed by atoms with Crippen LogP contribution in [0.4, 0.5) is 9.59 Å². The summed E-state index contributed by atoms with van der Waals surface area (Å²) in [5.74, 6) is 0.356. The molecule has 0 aliphatic carbocycles. The highest BCUT2D eigenvalue weighted by Crippen LogP contribution is 2.42. The molecule has 2 amide bonds. The Bertz CT molecular complexity index is 984. The smallest absolute Gasteiger partial charge is 0.409 e. The molecule has 8 aliphatic heterocycles. The van der Waals surface area contributed by atoms with E-state index in [0.29, 0.717) is 26.2 Å². The molecule has 240 valence electrons. The fourth-order valence-electron chi connectivity index (χ4n) is 8.79. The fourth-order valence-corrected chi connectivity index (χ4v) is 8.79. The van der Waals surface area contributed by atoms with Crippen LogP contribution in [0.15, 0.2) is 0 Å². The molecular weight excluding hydrogens is 556 g/mol. The molecule has 8 saturated heterocycles. The lowest BCUT2D eigenvalue weighted by Gasteiger charge is -2.52. The lowest BCUT2D eigenvalue weighted by Crippen LogP contribution is -2.69. The molecule has 8 aliphatic rings. The third-order valence-corrected chi connectivity index (χ3v) is 11.7. The van der Waals surface area contributed by atoms with Gasteiger partial charge in [-0.1, -0.05) is 0 Å². The summed E-state index contributed by atoms with van der Waals surface area (Å²) in [6.45, 7) is 6.25. The predicted molar refractivity (Wildman–Crippen MR) is 155 cm³/mol. The number of nitrogens with zero attached hydrogens (tertiary/aromatic N) is 4. The molecule has 12 nitrogen and oxygen atoms in total. The number of carbonyl (C=O) groups is 4. The first-order valence-electron chi connectivity index (χ1n) is 16.2. The van der Waals surface area contributed by atoms with E-state index < -0.39 is 11.1 Å². The van der Waals surface area contributed by atoms with Crippen molar-refractivity contribution in [1.29, 1.82) is 0 Å². The highest BCUT2D eigenvalue weighted by Gasteiger charge is 2.55. The Morgan fingerprint density at radius 2 is 0.953 bits per heavy atom. The summed E-state index contributed by atoms with van der Waals surface area (Å²) in [5.41, 5.74) is -1.65. The Morgan fingerprint density at radius 3 is 1.26 bits per heavy atom. The van der Waals surface area contributed by atoms with Crippen LogP contribution in [0.1, 0.15) is 51.4 Å². The fraction of sp³-hybridized carbons (Fsp3) is 0.871. The van der Waals surface area contributed by atoms with Crippen molar-refractivity contribution in [2.45, 2.75) is 62.4 Å². The molecule has 0 saturated carbocycles. The van der Waals surface area contributed by atoms with Crippen molar-refractivity contribution in [3.63, 3.8) is 0 Å². The van der Waals surface area contributed by atoms with Crippen molar-refractivity contribution in [2.24, 2.45) is 17.3 Å². The number of piperidine rings is 8. The molecular formula is C31H48N4O8. The molecule has 0 aromatic rings. The van der Waals surface area contributed by atoms with Crippen LogP contribution in [0.2, 0.25) is 0 Å². The summed E-state index contributed by atoms with van der Waals surface area (Å²) >= 11 is 0. The summed E-state index contributed by atoms with van der Waals surface area (Å²) in [6.07, 6.45) is 6.15. The number of Topliss-reactive ketones (excluding diaryl/α,β-unsaturated/α-hetero) is 2. The van der Waals surface area contributed by atoms with Crippen LogP contribution in [0.25, 0.3) is 0 Å². The second-order valence-electron chi connectivity index (χ2n) is 13.8. The van der Waals surface area contributed by atoms with Gasteiger partial charge in [-0.25, -0.2) is 9.59 Å². The van der Waals surface area contributed by atoms with E-state index in [0.717, 1.165) is 77.5 Å². The quantitative estimate of drug-likeness (QED) is 0.406. The highest BCUT2D eigenvalue weighted by atomic mass is 16.6. The maximum Gasteiger partial charge on any atom is 0.409 e. The van der Waals surface area contributed by atoms with Gasteiger partial charge in [-0.05, 0) is 56.8 Å². The van der Waals surface area contributed by atoms with Crippen molar-refractivity contribution in [3.8, 4) is 0 Å². The molecule has 0 aromatic heterocycles. The van der Waals surface area contributed by atoms with Crippen LogP contribution in [0.3, 0.4) is 0 Å². The summed E-state index contributed by atoms with van der Waals surface area (Å²) in [5, 5.41) is 0. The molecule has 0 radical (unpaired) electrons. The molecule has 0 aromatic carbocycles. The van der Waals surface area contributed by atoms with E-state index in [1.165, 1.54) is 0 Å². The number of fused-ring (bicyclic) bond motifs is 6. The third-order valence-electron chi connectivity index (χ3n) is 11.7. The van der Waals surface area contributed by atoms with Gasteiger partial charge >= 0.3 is 12.2 Å². The maximum absolute atomic E-state index is 13.2. The zero-order valence-corrected chi connectivity index (χ0v) is 25.9. The van der Waals surface area contributed by atoms with Gasteiger partial charge in [0, 0.05) is 78.4 Å². The van der Waals surface area contributed by atoms with E-state index in [1.54, 1.807) is 24.0 Å². The summed E-state index contributed by atoms with van der Waals surface area (Å²) in [7, 11) is 3.18. The summed E-state index contributed by atoms with van der Waals surface area (Å²) in [4.78, 5) is 60.3. The second kappa shape index (κ2) is 12.3. The average Bonchev–Trinajstić information content (AvgIpc) is 3.04. The summed E-state index contributed by atoms with van der Waals surface area (Å²) in [6, 6.07) is 0. The second-order valence-corrected chi connectivity index (χ2v) is 13.8. The molecule has 8 rings (SSSR count). The maximum atomic E-state index is 13.2. The average molecular weight is 605 g/mol. The van der Waals surface area contributed by atoms with Crippen molar-refractivity contribution in [2.75, 3.05) is 93.0 Å². The van der Waals surface area contributed by atoms with Crippen LogP contribution in [-0.4, -0.2) is 147 Å². The lowest BCUT2D eigenvalue weighted by molar-refractivity contribution is -0.159. The molecule has 12 heteroatoms. The Balaban J connectivity index is 0.967. The molecule has 2 atom stereocenters. The number of methoxy groups -OCH3 is 2. The highest BCUT2D eigenvalue weighted by molar-refractivity contribution is 5.93. The normalized spacial score (nSPS) is 36.7. The van der Waals surface area contributed by atoms with Crippen molar-refractivity contribution >= 4 is 23.8 Å². The molecule has 8 fully saturated rings. The van der Waals surface area contributed by atoms with Gasteiger partial charge in [0.15, 0.2) is 11.6 Å². The minimum Gasteiger partial charge on any atom is -0.447 e. The van der Waals surface area contributed by atoms with Gasteiger partial charge in [0.05, 0.1) is 13.2 Å². The zero-order chi connectivity index (χ0) is 30.2. The molecule has 4 bridgehead atoms. The van der Waals surface area contributed by atoms with E-state index in [-0.39, 0.29) is 67.4 Å². The standard InChI is InChI=1S/C31H48N4O8/c1-40-19-30(25(36)23-3-11-34(30)12-4-23)21-42-27(38)32-15-7-29(8-16-32)9-17-33(18-10-29)28(39)43-22-31(20-41-2)26(37)24-5-13-35(31)14-6-24/h23-24H,3-22H2,1-2H3/t30-,31-/m0/s1. The van der Waals surface area contributed by atoms with Crippen molar-refractivity contribution in [3.05, 3.63) is 0 Å². The topological polar surface area (TPSA) is 118 Å². The minimum atomic E-state index is -0.867. The largest absolute Gasteiger partial charge is 0.447 e. The van der Waals surface area contributed by atoms with Gasteiger partial charge in [-0.3, -0.25) is 19.4 Å². The van der Waals surface area contributed by atoms with Gasteiger partial charge in [-0.15, -0.1) is 0 Å². The molecule has 0 N–H and O–H groups in total. The molecule has 1 spiro atoms. The predicted octanol–water partition coefficient (Wildman–Crippen LogP) is 1.80.